The van der Waals surface area contributed by atoms with Crippen molar-refractivity contribution in [3.8, 4) is 0 Å². The Morgan fingerprint density at radius 3 is 2.91 bits per heavy atom. The van der Waals surface area contributed by atoms with Gasteiger partial charge in [0.2, 0.25) is 5.91 Å². The zero-order valence-electron chi connectivity index (χ0n) is 12.2. The number of aliphatic hydroxyl groups excluding tert-OH is 1. The highest BCUT2D eigenvalue weighted by molar-refractivity contribution is 5.80. The largest absolute Gasteiger partial charge is 0.391 e. The van der Waals surface area contributed by atoms with Crippen LogP contribution in [0.15, 0.2) is 18.2 Å². The number of likely N-dealkylation sites (tertiary alicyclic amines) is 1. The van der Waals surface area contributed by atoms with E-state index in [0.29, 0.717) is 13.2 Å². The van der Waals surface area contributed by atoms with Gasteiger partial charge in [-0.3, -0.25) is 4.79 Å². The van der Waals surface area contributed by atoms with Crippen molar-refractivity contribution in [2.75, 3.05) is 19.8 Å². The Morgan fingerprint density at radius 2 is 2.18 bits per heavy atom. The molecule has 0 saturated carbocycles. The van der Waals surface area contributed by atoms with Crippen LogP contribution in [0.2, 0.25) is 0 Å². The Kier molecular flexibility index (Phi) is 4.40. The first-order chi connectivity index (χ1) is 10.6. The van der Waals surface area contributed by atoms with Crippen molar-refractivity contribution >= 4 is 5.91 Å². The van der Waals surface area contributed by atoms with Crippen molar-refractivity contribution in [3.05, 3.63) is 35.4 Å². The normalized spacial score (nSPS) is 28.9. The van der Waals surface area contributed by atoms with Crippen LogP contribution >= 0.6 is 0 Å². The van der Waals surface area contributed by atoms with Gasteiger partial charge >= 0.3 is 0 Å². The number of aliphatic hydroxyl groups is 1. The van der Waals surface area contributed by atoms with Crippen LogP contribution in [-0.4, -0.2) is 41.8 Å². The highest BCUT2D eigenvalue weighted by atomic mass is 19.1. The number of amides is 1. The summed E-state index contributed by atoms with van der Waals surface area (Å²) in [7, 11) is 0. The minimum absolute atomic E-state index is 0.127. The summed E-state index contributed by atoms with van der Waals surface area (Å²) in [5.41, 5.74) is 0.127. The zero-order chi connectivity index (χ0) is 15.7. The second-order valence-corrected chi connectivity index (χ2v) is 5.98. The summed E-state index contributed by atoms with van der Waals surface area (Å²) in [6.07, 6.45) is 1.04. The van der Waals surface area contributed by atoms with E-state index in [-0.39, 0.29) is 30.4 Å². The van der Waals surface area contributed by atoms with Crippen molar-refractivity contribution in [1.29, 1.82) is 0 Å². The van der Waals surface area contributed by atoms with E-state index < -0.39 is 23.8 Å². The summed E-state index contributed by atoms with van der Waals surface area (Å²) in [6.45, 7) is 1.15. The predicted octanol–water partition coefficient (Wildman–Crippen LogP) is 2.03. The molecule has 2 heterocycles. The molecule has 1 aromatic carbocycles. The minimum Gasteiger partial charge on any atom is -0.391 e. The average molecular weight is 311 g/mol. The van der Waals surface area contributed by atoms with E-state index in [1.807, 2.05) is 0 Å². The Morgan fingerprint density at radius 1 is 1.36 bits per heavy atom. The fourth-order valence-electron chi connectivity index (χ4n) is 3.29. The summed E-state index contributed by atoms with van der Waals surface area (Å²) in [4.78, 5) is 14.1. The summed E-state index contributed by atoms with van der Waals surface area (Å²) in [5.74, 6) is -1.52. The molecule has 6 heteroatoms. The summed E-state index contributed by atoms with van der Waals surface area (Å²) in [6, 6.07) is 2.59. The van der Waals surface area contributed by atoms with Gasteiger partial charge in [-0.2, -0.15) is 0 Å². The Balaban J connectivity index is 1.85. The second-order valence-electron chi connectivity index (χ2n) is 5.98. The maximum atomic E-state index is 14.0. The molecule has 2 aliphatic rings. The standard InChI is InChI=1S/C16H19F2NO3/c17-11-3-4-14(18)13(6-11)15-7-12(20)8-19(15)16(21)10-2-1-5-22-9-10/h3-4,6,10,12,15,20H,1-2,5,7-9H2. The highest BCUT2D eigenvalue weighted by Crippen LogP contribution is 2.35. The lowest BCUT2D eigenvalue weighted by atomic mass is 9.98. The van der Waals surface area contributed by atoms with Crippen LogP contribution in [0.25, 0.3) is 0 Å². The zero-order valence-corrected chi connectivity index (χ0v) is 12.2. The van der Waals surface area contributed by atoms with Crippen molar-refractivity contribution in [1.82, 2.24) is 4.90 Å². The lowest BCUT2D eigenvalue weighted by Crippen LogP contribution is -2.40. The van der Waals surface area contributed by atoms with Crippen molar-refractivity contribution < 1.29 is 23.4 Å². The van der Waals surface area contributed by atoms with Crippen LogP contribution < -0.4 is 0 Å². The lowest BCUT2D eigenvalue weighted by Gasteiger charge is -2.30. The maximum Gasteiger partial charge on any atom is 0.228 e. The van der Waals surface area contributed by atoms with Crippen molar-refractivity contribution in [2.24, 2.45) is 5.92 Å². The molecule has 3 rings (SSSR count). The molecule has 0 aromatic heterocycles. The number of benzene rings is 1. The smallest absolute Gasteiger partial charge is 0.228 e. The molecule has 4 nitrogen and oxygen atoms in total. The van der Waals surface area contributed by atoms with Gasteiger partial charge in [0.05, 0.1) is 24.7 Å². The Hall–Kier alpha value is -1.53. The molecule has 0 spiro atoms. The van der Waals surface area contributed by atoms with E-state index in [4.69, 9.17) is 4.74 Å². The van der Waals surface area contributed by atoms with Gasteiger partial charge in [0, 0.05) is 18.7 Å². The van der Waals surface area contributed by atoms with Gasteiger partial charge in [0.25, 0.3) is 0 Å². The van der Waals surface area contributed by atoms with E-state index in [9.17, 15) is 18.7 Å². The van der Waals surface area contributed by atoms with Gasteiger partial charge in [-0.15, -0.1) is 0 Å². The molecule has 1 N–H and O–H groups in total. The average Bonchev–Trinajstić information content (AvgIpc) is 2.91. The molecule has 0 radical (unpaired) electrons. The predicted molar refractivity (Wildman–Crippen MR) is 75.0 cm³/mol. The molecule has 2 saturated heterocycles. The van der Waals surface area contributed by atoms with Gasteiger partial charge in [-0.25, -0.2) is 8.78 Å². The van der Waals surface area contributed by atoms with E-state index in [1.165, 1.54) is 4.90 Å². The van der Waals surface area contributed by atoms with Crippen LogP contribution in [-0.2, 0) is 9.53 Å². The molecule has 1 amide bonds. The Labute approximate surface area is 127 Å². The molecular weight excluding hydrogens is 292 g/mol. The number of rotatable bonds is 2. The second kappa shape index (κ2) is 6.30. The van der Waals surface area contributed by atoms with Gasteiger partial charge < -0.3 is 14.7 Å². The molecule has 120 valence electrons. The monoisotopic (exact) mass is 311 g/mol. The Bertz CT molecular complexity index is 560. The molecular formula is C16H19F2NO3. The molecule has 22 heavy (non-hydrogen) atoms. The van der Waals surface area contributed by atoms with Crippen molar-refractivity contribution in [3.63, 3.8) is 0 Å². The van der Waals surface area contributed by atoms with Crippen LogP contribution in [0.3, 0.4) is 0 Å². The molecule has 2 fully saturated rings. The lowest BCUT2D eigenvalue weighted by molar-refractivity contribution is -0.141. The third-order valence-corrected chi connectivity index (χ3v) is 4.39. The van der Waals surface area contributed by atoms with Gasteiger partial charge in [0.15, 0.2) is 0 Å². The summed E-state index contributed by atoms with van der Waals surface area (Å²) >= 11 is 0. The van der Waals surface area contributed by atoms with Crippen LogP contribution in [0.1, 0.15) is 30.9 Å². The van der Waals surface area contributed by atoms with Gasteiger partial charge in [-0.1, -0.05) is 0 Å². The first-order valence-corrected chi connectivity index (χ1v) is 7.57. The number of β-amino-alcohol motifs (C(OH)–C–C–N with tert-alkyl or cyclic N) is 1. The fourth-order valence-corrected chi connectivity index (χ4v) is 3.29. The molecule has 0 aliphatic carbocycles. The van der Waals surface area contributed by atoms with Crippen LogP contribution in [0, 0.1) is 17.6 Å². The SMILES string of the molecule is O=C(C1CCCOC1)N1CC(O)CC1c1cc(F)ccc1F. The first-order valence-electron chi connectivity index (χ1n) is 7.57. The first kappa shape index (κ1) is 15.4. The van der Waals surface area contributed by atoms with Crippen LogP contribution in [0.5, 0.6) is 0 Å². The summed E-state index contributed by atoms with van der Waals surface area (Å²) < 4.78 is 32.8. The topological polar surface area (TPSA) is 49.8 Å². The number of ether oxygens (including phenoxy) is 1. The molecule has 1 aromatic rings. The molecule has 0 bridgehead atoms. The molecule has 3 atom stereocenters. The number of nitrogens with zero attached hydrogens (tertiary/aromatic N) is 1. The quantitative estimate of drug-likeness (QED) is 0.909. The fraction of sp³-hybridized carbons (Fsp3) is 0.562. The third kappa shape index (κ3) is 2.98. The van der Waals surface area contributed by atoms with Gasteiger partial charge in [0.1, 0.15) is 11.6 Å². The van der Waals surface area contributed by atoms with E-state index in [2.05, 4.69) is 0 Å². The number of halogens is 2. The van der Waals surface area contributed by atoms with Gasteiger partial charge in [-0.05, 0) is 37.5 Å². The van der Waals surface area contributed by atoms with E-state index in [0.717, 1.165) is 31.0 Å². The minimum atomic E-state index is -0.721. The maximum absolute atomic E-state index is 14.0. The molecule has 2 aliphatic heterocycles. The van der Waals surface area contributed by atoms with Crippen LogP contribution in [0.4, 0.5) is 8.78 Å². The number of hydrogen-bond donors (Lipinski definition) is 1. The van der Waals surface area contributed by atoms with E-state index in [1.54, 1.807) is 0 Å². The number of hydrogen-bond acceptors (Lipinski definition) is 3. The number of carbonyl (C=O) groups excluding carboxylic acids is 1. The molecule has 3 unspecified atom stereocenters. The highest BCUT2D eigenvalue weighted by Gasteiger charge is 2.39. The van der Waals surface area contributed by atoms with Crippen molar-refractivity contribution in [2.45, 2.75) is 31.4 Å². The summed E-state index contributed by atoms with van der Waals surface area (Å²) in [5, 5.41) is 9.90. The number of carbonyl (C=O) groups is 1. The third-order valence-electron chi connectivity index (χ3n) is 4.39. The van der Waals surface area contributed by atoms with E-state index >= 15 is 0 Å².